The van der Waals surface area contributed by atoms with Crippen molar-refractivity contribution in [1.82, 2.24) is 14.9 Å². The van der Waals surface area contributed by atoms with Gasteiger partial charge in [0.25, 0.3) is 0 Å². The van der Waals surface area contributed by atoms with Gasteiger partial charge in [0.05, 0.1) is 4.90 Å². The summed E-state index contributed by atoms with van der Waals surface area (Å²) in [5, 5.41) is 18.3. The number of carboxylic acid groups (broad SMARTS) is 1. The van der Waals surface area contributed by atoms with Crippen molar-refractivity contribution in [2.75, 3.05) is 18.4 Å². The quantitative estimate of drug-likeness (QED) is 0.169. The minimum absolute atomic E-state index is 0.0506. The molecule has 44 heavy (non-hydrogen) atoms. The predicted octanol–water partition coefficient (Wildman–Crippen LogP) is 4.81. The second-order valence-electron chi connectivity index (χ2n) is 11.1. The smallest absolute Gasteiger partial charge is 0.322 e. The topological polar surface area (TPSA) is 145 Å². The van der Waals surface area contributed by atoms with Crippen LogP contribution in [0.3, 0.4) is 0 Å². The van der Waals surface area contributed by atoms with Gasteiger partial charge in [-0.3, -0.25) is 9.59 Å². The summed E-state index contributed by atoms with van der Waals surface area (Å²) in [7, 11) is -4.05. The Hall–Kier alpha value is -4.22. The summed E-state index contributed by atoms with van der Waals surface area (Å²) in [5.41, 5.74) is 2.39. The third-order valence-electron chi connectivity index (χ3n) is 6.94. The molecule has 3 rings (SSSR count). The molecule has 0 heterocycles. The SMILES string of the molecule is Cc1ccc(S(=O)(=O)N(CC(C)C)[C@@H](CCCCNC(=O)N[C@@H](Cc2ccccc2)C(=O)Nc2ccccc2)C(=O)O)cc1. The molecule has 3 aromatic carbocycles. The van der Waals surface area contributed by atoms with Crippen LogP contribution in [0.1, 0.15) is 44.2 Å². The second-order valence-corrected chi connectivity index (χ2v) is 13.0. The number of amides is 3. The number of aryl methyl sites for hydroxylation is 1. The normalized spacial score (nSPS) is 12.8. The molecule has 236 valence electrons. The molecular formula is C33H42N4O6S. The standard InChI is InChI=1S/C33H42N4O6S/c1-24(2)23-37(44(42,43)28-19-17-25(3)18-20-28)30(32(39)40)16-10-11-21-34-33(41)36-29(22-26-12-6-4-7-13-26)31(38)35-27-14-8-5-9-15-27/h4-9,12-15,17-20,24,29-30H,10-11,16,21-23H2,1-3H3,(H,35,38)(H,39,40)(H2,34,36,41)/t29-,30-/m0/s1. The molecule has 0 radical (unpaired) electrons. The Kier molecular flexibility index (Phi) is 12.9. The molecule has 0 saturated heterocycles. The van der Waals surface area contributed by atoms with Crippen LogP contribution in [-0.4, -0.2) is 60.9 Å². The van der Waals surface area contributed by atoms with Crippen LogP contribution in [0.5, 0.6) is 0 Å². The maximum absolute atomic E-state index is 13.5. The van der Waals surface area contributed by atoms with E-state index in [0.29, 0.717) is 18.5 Å². The van der Waals surface area contributed by atoms with Crippen molar-refractivity contribution >= 4 is 33.6 Å². The molecule has 10 nitrogen and oxygen atoms in total. The monoisotopic (exact) mass is 622 g/mol. The minimum Gasteiger partial charge on any atom is -0.480 e. The van der Waals surface area contributed by atoms with Gasteiger partial charge < -0.3 is 21.1 Å². The molecular weight excluding hydrogens is 580 g/mol. The third kappa shape index (κ3) is 10.5. The van der Waals surface area contributed by atoms with E-state index in [-0.39, 0.29) is 42.7 Å². The number of hydrogen-bond acceptors (Lipinski definition) is 5. The van der Waals surface area contributed by atoms with Crippen molar-refractivity contribution in [2.45, 2.75) is 63.4 Å². The summed E-state index contributed by atoms with van der Waals surface area (Å²) in [6.45, 7) is 5.79. The van der Waals surface area contributed by atoms with Gasteiger partial charge in [-0.1, -0.05) is 80.1 Å². The van der Waals surface area contributed by atoms with Gasteiger partial charge in [-0.2, -0.15) is 4.31 Å². The fourth-order valence-corrected chi connectivity index (χ4v) is 6.45. The van der Waals surface area contributed by atoms with Crippen molar-refractivity contribution < 1.29 is 27.9 Å². The molecule has 0 fully saturated rings. The number of urea groups is 1. The maximum Gasteiger partial charge on any atom is 0.322 e. The molecule has 0 aliphatic heterocycles. The summed E-state index contributed by atoms with van der Waals surface area (Å²) in [5.74, 6) is -1.68. The number of carbonyl (C=O) groups is 3. The van der Waals surface area contributed by atoms with Crippen LogP contribution >= 0.6 is 0 Å². The largest absolute Gasteiger partial charge is 0.480 e. The lowest BCUT2D eigenvalue weighted by Crippen LogP contribution is -2.49. The number of hydrogen-bond donors (Lipinski definition) is 4. The lowest BCUT2D eigenvalue weighted by molar-refractivity contribution is -0.141. The maximum atomic E-state index is 13.5. The molecule has 0 unspecified atom stereocenters. The third-order valence-corrected chi connectivity index (χ3v) is 8.83. The Bertz CT molecular complexity index is 1470. The van der Waals surface area contributed by atoms with Crippen LogP contribution in [-0.2, 0) is 26.0 Å². The van der Waals surface area contributed by atoms with Gasteiger partial charge in [-0.15, -0.1) is 0 Å². The van der Waals surface area contributed by atoms with Crippen molar-refractivity contribution in [3.63, 3.8) is 0 Å². The van der Waals surface area contributed by atoms with E-state index in [0.717, 1.165) is 15.4 Å². The Labute approximate surface area is 259 Å². The minimum atomic E-state index is -4.05. The van der Waals surface area contributed by atoms with Crippen LogP contribution in [0.15, 0.2) is 89.8 Å². The molecule has 4 N–H and O–H groups in total. The van der Waals surface area contributed by atoms with Crippen LogP contribution in [0, 0.1) is 12.8 Å². The number of carbonyl (C=O) groups excluding carboxylic acids is 2. The zero-order valence-corrected chi connectivity index (χ0v) is 26.2. The highest BCUT2D eigenvalue weighted by molar-refractivity contribution is 7.89. The zero-order valence-electron chi connectivity index (χ0n) is 25.4. The van der Waals surface area contributed by atoms with E-state index >= 15 is 0 Å². The van der Waals surface area contributed by atoms with Crippen molar-refractivity contribution in [2.24, 2.45) is 5.92 Å². The van der Waals surface area contributed by atoms with Crippen molar-refractivity contribution in [3.05, 3.63) is 96.1 Å². The molecule has 0 spiro atoms. The van der Waals surface area contributed by atoms with Gasteiger partial charge in [0.15, 0.2) is 0 Å². The second kappa shape index (κ2) is 16.6. The first-order chi connectivity index (χ1) is 21.0. The molecule has 0 aliphatic rings. The number of aliphatic carboxylic acids is 1. The average molecular weight is 623 g/mol. The van der Waals surface area contributed by atoms with Gasteiger partial charge in [-0.05, 0) is 61.9 Å². The lowest BCUT2D eigenvalue weighted by Gasteiger charge is -2.29. The molecule has 3 aromatic rings. The van der Waals surface area contributed by atoms with Crippen LogP contribution in [0.4, 0.5) is 10.5 Å². The number of carboxylic acids is 1. The van der Waals surface area contributed by atoms with E-state index < -0.39 is 34.1 Å². The fraction of sp³-hybridized carbons (Fsp3) is 0.364. The van der Waals surface area contributed by atoms with Gasteiger partial charge in [0.1, 0.15) is 12.1 Å². The van der Waals surface area contributed by atoms with Gasteiger partial charge in [0.2, 0.25) is 15.9 Å². The first kappa shape index (κ1) is 34.3. The van der Waals surface area contributed by atoms with Gasteiger partial charge >= 0.3 is 12.0 Å². The van der Waals surface area contributed by atoms with E-state index in [4.69, 9.17) is 0 Å². The Morgan fingerprint density at radius 2 is 1.48 bits per heavy atom. The summed E-state index contributed by atoms with van der Waals surface area (Å²) in [4.78, 5) is 38.1. The van der Waals surface area contributed by atoms with Crippen LogP contribution in [0.2, 0.25) is 0 Å². The van der Waals surface area contributed by atoms with Crippen molar-refractivity contribution in [3.8, 4) is 0 Å². The van der Waals surface area contributed by atoms with Crippen LogP contribution in [0.25, 0.3) is 0 Å². The summed E-state index contributed by atoms with van der Waals surface area (Å²) < 4.78 is 28.0. The number of benzene rings is 3. The van der Waals surface area contributed by atoms with E-state index in [1.54, 1.807) is 36.4 Å². The number of sulfonamides is 1. The molecule has 0 bridgehead atoms. The zero-order chi connectivity index (χ0) is 32.1. The van der Waals surface area contributed by atoms with Gasteiger partial charge in [0, 0.05) is 25.2 Å². The number of nitrogens with one attached hydrogen (secondary N) is 3. The van der Waals surface area contributed by atoms with Gasteiger partial charge in [-0.25, -0.2) is 13.2 Å². The van der Waals surface area contributed by atoms with Crippen molar-refractivity contribution in [1.29, 1.82) is 0 Å². The summed E-state index contributed by atoms with van der Waals surface area (Å²) in [6, 6.07) is 22.0. The molecule has 0 aromatic heterocycles. The number of nitrogens with zero attached hydrogens (tertiary/aromatic N) is 1. The van der Waals surface area contributed by atoms with E-state index in [9.17, 15) is 27.9 Å². The predicted molar refractivity (Wildman–Crippen MR) is 171 cm³/mol. The summed E-state index contributed by atoms with van der Waals surface area (Å²) >= 11 is 0. The highest BCUT2D eigenvalue weighted by Gasteiger charge is 2.36. The Balaban J connectivity index is 1.59. The first-order valence-corrected chi connectivity index (χ1v) is 16.2. The van der Waals surface area contributed by atoms with Crippen LogP contribution < -0.4 is 16.0 Å². The van der Waals surface area contributed by atoms with E-state index in [1.165, 1.54) is 12.1 Å². The Morgan fingerprint density at radius 3 is 2.07 bits per heavy atom. The number of rotatable bonds is 16. The average Bonchev–Trinajstić information content (AvgIpc) is 2.98. The fourth-order valence-electron chi connectivity index (χ4n) is 4.67. The highest BCUT2D eigenvalue weighted by atomic mass is 32.2. The Morgan fingerprint density at radius 1 is 0.864 bits per heavy atom. The molecule has 3 amide bonds. The summed E-state index contributed by atoms with van der Waals surface area (Å²) in [6.07, 6.45) is 1.13. The van der Waals surface area contributed by atoms with E-state index in [1.807, 2.05) is 57.2 Å². The highest BCUT2D eigenvalue weighted by Crippen LogP contribution is 2.23. The molecule has 0 saturated carbocycles. The van der Waals surface area contributed by atoms with E-state index in [2.05, 4.69) is 16.0 Å². The lowest BCUT2D eigenvalue weighted by atomic mass is 10.1. The molecule has 2 atom stereocenters. The molecule has 0 aliphatic carbocycles. The molecule has 11 heteroatoms. The first-order valence-electron chi connectivity index (χ1n) is 14.7. The number of unbranched alkanes of at least 4 members (excludes halogenated alkanes) is 1. The number of anilines is 1. The number of para-hydroxylation sites is 1.